The maximum absolute atomic E-state index is 13.7. The average molecular weight is 397 g/mol. The summed E-state index contributed by atoms with van der Waals surface area (Å²) in [6, 6.07) is 6.50. The summed E-state index contributed by atoms with van der Waals surface area (Å²) in [4.78, 5) is 16.4. The largest absolute Gasteiger partial charge is 0.323 e. The van der Waals surface area contributed by atoms with Crippen LogP contribution in [0.25, 0.3) is 10.6 Å². The number of aromatic nitrogens is 1. The van der Waals surface area contributed by atoms with Crippen molar-refractivity contribution in [2.75, 3.05) is 5.32 Å². The predicted molar refractivity (Wildman–Crippen MR) is 91.9 cm³/mol. The lowest BCUT2D eigenvalue weighted by Gasteiger charge is -2.05. The second-order valence-corrected chi connectivity index (χ2v) is 7.06. The van der Waals surface area contributed by atoms with Gasteiger partial charge in [-0.2, -0.15) is 11.3 Å². The molecule has 3 nitrogen and oxygen atoms in total. The van der Waals surface area contributed by atoms with Gasteiger partial charge in [-0.05, 0) is 29.6 Å². The van der Waals surface area contributed by atoms with E-state index in [2.05, 4.69) is 26.2 Å². The normalized spacial score (nSPS) is 10.6. The minimum absolute atomic E-state index is 0.121. The molecule has 0 unspecified atom stereocenters. The van der Waals surface area contributed by atoms with Gasteiger partial charge in [-0.15, -0.1) is 11.3 Å². The Morgan fingerprint density at radius 3 is 2.91 bits per heavy atom. The first kappa shape index (κ1) is 15.3. The van der Waals surface area contributed by atoms with Crippen LogP contribution in [0.1, 0.15) is 5.69 Å². The molecular weight excluding hydrogens is 387 g/mol. The van der Waals surface area contributed by atoms with Crippen LogP contribution in [0.15, 0.2) is 44.9 Å². The van der Waals surface area contributed by atoms with E-state index in [1.807, 2.05) is 22.2 Å². The second kappa shape index (κ2) is 6.68. The van der Waals surface area contributed by atoms with Crippen LogP contribution in [-0.4, -0.2) is 10.9 Å². The summed E-state index contributed by atoms with van der Waals surface area (Å²) in [7, 11) is 0. The Morgan fingerprint density at radius 2 is 2.18 bits per heavy atom. The van der Waals surface area contributed by atoms with E-state index < -0.39 is 5.82 Å². The van der Waals surface area contributed by atoms with E-state index in [1.54, 1.807) is 17.4 Å². The topological polar surface area (TPSA) is 42.0 Å². The highest BCUT2D eigenvalue weighted by Gasteiger charge is 2.11. The van der Waals surface area contributed by atoms with Gasteiger partial charge in [0.25, 0.3) is 0 Å². The van der Waals surface area contributed by atoms with Crippen molar-refractivity contribution in [1.82, 2.24) is 4.98 Å². The van der Waals surface area contributed by atoms with E-state index in [-0.39, 0.29) is 18.0 Å². The van der Waals surface area contributed by atoms with Gasteiger partial charge in [-0.1, -0.05) is 15.9 Å². The zero-order chi connectivity index (χ0) is 15.5. The first-order chi connectivity index (χ1) is 10.6. The van der Waals surface area contributed by atoms with Crippen LogP contribution in [0.3, 0.4) is 0 Å². The molecule has 1 N–H and O–H groups in total. The summed E-state index contributed by atoms with van der Waals surface area (Å²) >= 11 is 6.28. The average Bonchev–Trinajstić information content (AvgIpc) is 3.12. The summed E-state index contributed by atoms with van der Waals surface area (Å²) in [5.41, 5.74) is 1.91. The molecule has 112 valence electrons. The quantitative estimate of drug-likeness (QED) is 0.677. The Hall–Kier alpha value is -1.57. The molecule has 0 spiro atoms. The maximum atomic E-state index is 13.7. The standard InChI is InChI=1S/C15H10BrFN2OS2/c16-10-1-2-13(12(17)5-10)19-14(20)6-11-8-22-15(18-11)9-3-4-21-7-9/h1-5,7-8H,6H2,(H,19,20). The third-order valence-electron chi connectivity index (χ3n) is 2.87. The molecule has 3 aromatic rings. The number of carbonyl (C=O) groups excluding carboxylic acids is 1. The van der Waals surface area contributed by atoms with Crippen molar-refractivity contribution < 1.29 is 9.18 Å². The monoisotopic (exact) mass is 396 g/mol. The van der Waals surface area contributed by atoms with Crippen molar-refractivity contribution in [2.24, 2.45) is 0 Å². The van der Waals surface area contributed by atoms with Crippen molar-refractivity contribution in [1.29, 1.82) is 0 Å². The Morgan fingerprint density at radius 1 is 1.32 bits per heavy atom. The molecule has 0 radical (unpaired) electrons. The molecule has 0 aliphatic carbocycles. The first-order valence-electron chi connectivity index (χ1n) is 6.34. The predicted octanol–water partition coefficient (Wildman–Crippen LogP) is 4.95. The molecule has 0 bridgehead atoms. The lowest BCUT2D eigenvalue weighted by Crippen LogP contribution is -2.15. The van der Waals surface area contributed by atoms with Crippen molar-refractivity contribution in [3.8, 4) is 10.6 Å². The molecule has 0 saturated heterocycles. The van der Waals surface area contributed by atoms with Gasteiger partial charge in [0, 0.05) is 20.8 Å². The highest BCUT2D eigenvalue weighted by Crippen LogP contribution is 2.26. The van der Waals surface area contributed by atoms with Crippen LogP contribution in [0.2, 0.25) is 0 Å². The molecule has 0 fully saturated rings. The summed E-state index contributed by atoms with van der Waals surface area (Å²) in [5, 5.41) is 9.30. The Bertz CT molecular complexity index is 802. The van der Waals surface area contributed by atoms with Crippen LogP contribution in [-0.2, 0) is 11.2 Å². The number of thiazole rings is 1. The summed E-state index contributed by atoms with van der Waals surface area (Å²) in [6.07, 6.45) is 0.121. The molecule has 0 aliphatic rings. The maximum Gasteiger partial charge on any atom is 0.230 e. The van der Waals surface area contributed by atoms with Crippen molar-refractivity contribution in [3.05, 3.63) is 56.4 Å². The Labute approximate surface area is 143 Å². The number of anilines is 1. The third-order valence-corrected chi connectivity index (χ3v) is 4.98. The van der Waals surface area contributed by atoms with E-state index in [4.69, 9.17) is 0 Å². The summed E-state index contributed by atoms with van der Waals surface area (Å²) < 4.78 is 14.3. The van der Waals surface area contributed by atoms with Gasteiger partial charge in [-0.25, -0.2) is 9.37 Å². The number of nitrogens with one attached hydrogen (secondary N) is 1. The number of amides is 1. The molecule has 7 heteroatoms. The molecule has 2 aromatic heterocycles. The molecule has 1 aromatic carbocycles. The highest BCUT2D eigenvalue weighted by molar-refractivity contribution is 9.10. The highest BCUT2D eigenvalue weighted by atomic mass is 79.9. The molecule has 0 atom stereocenters. The van der Waals surface area contributed by atoms with Crippen molar-refractivity contribution >= 4 is 50.2 Å². The number of rotatable bonds is 4. The number of hydrogen-bond acceptors (Lipinski definition) is 4. The first-order valence-corrected chi connectivity index (χ1v) is 8.95. The molecular formula is C15H10BrFN2OS2. The molecule has 2 heterocycles. The molecule has 3 rings (SSSR count). The Balaban J connectivity index is 1.67. The summed E-state index contributed by atoms with van der Waals surface area (Å²) in [6.45, 7) is 0. The fraction of sp³-hybridized carbons (Fsp3) is 0.0667. The van der Waals surface area contributed by atoms with Crippen LogP contribution >= 0.6 is 38.6 Å². The van der Waals surface area contributed by atoms with Crippen LogP contribution in [0, 0.1) is 5.82 Å². The van der Waals surface area contributed by atoms with Gasteiger partial charge >= 0.3 is 0 Å². The third kappa shape index (κ3) is 3.60. The van der Waals surface area contributed by atoms with Gasteiger partial charge < -0.3 is 5.32 Å². The van der Waals surface area contributed by atoms with E-state index >= 15 is 0 Å². The van der Waals surface area contributed by atoms with E-state index in [1.165, 1.54) is 23.5 Å². The molecule has 0 aliphatic heterocycles. The van der Waals surface area contributed by atoms with E-state index in [0.717, 1.165) is 10.6 Å². The smallest absolute Gasteiger partial charge is 0.230 e. The van der Waals surface area contributed by atoms with Gasteiger partial charge in [0.05, 0.1) is 17.8 Å². The van der Waals surface area contributed by atoms with Crippen LogP contribution in [0.5, 0.6) is 0 Å². The zero-order valence-electron chi connectivity index (χ0n) is 11.2. The van der Waals surface area contributed by atoms with Gasteiger partial charge in [-0.3, -0.25) is 4.79 Å². The number of nitrogens with zero attached hydrogens (tertiary/aromatic N) is 1. The van der Waals surface area contributed by atoms with Crippen LogP contribution in [0.4, 0.5) is 10.1 Å². The van der Waals surface area contributed by atoms with Gasteiger partial charge in [0.1, 0.15) is 10.8 Å². The molecule has 0 saturated carbocycles. The fourth-order valence-electron chi connectivity index (χ4n) is 1.86. The minimum Gasteiger partial charge on any atom is -0.323 e. The second-order valence-electron chi connectivity index (χ2n) is 4.51. The SMILES string of the molecule is O=C(Cc1csc(-c2ccsc2)n1)Nc1ccc(Br)cc1F. The molecule has 1 amide bonds. The number of thiophene rings is 1. The number of hydrogen-bond donors (Lipinski definition) is 1. The Kier molecular flexibility index (Phi) is 4.66. The van der Waals surface area contributed by atoms with Gasteiger partial charge in [0.2, 0.25) is 5.91 Å². The lowest BCUT2D eigenvalue weighted by atomic mass is 10.2. The summed E-state index contributed by atoms with van der Waals surface area (Å²) in [5.74, 6) is -0.761. The minimum atomic E-state index is -0.472. The lowest BCUT2D eigenvalue weighted by molar-refractivity contribution is -0.115. The van der Waals surface area contributed by atoms with E-state index in [0.29, 0.717) is 10.2 Å². The van der Waals surface area contributed by atoms with Crippen molar-refractivity contribution in [3.63, 3.8) is 0 Å². The number of carbonyl (C=O) groups is 1. The zero-order valence-corrected chi connectivity index (χ0v) is 14.4. The fourth-order valence-corrected chi connectivity index (χ4v) is 3.72. The number of halogens is 2. The van der Waals surface area contributed by atoms with Gasteiger partial charge in [0.15, 0.2) is 0 Å². The molecule has 22 heavy (non-hydrogen) atoms. The van der Waals surface area contributed by atoms with E-state index in [9.17, 15) is 9.18 Å². The number of benzene rings is 1. The van der Waals surface area contributed by atoms with Crippen molar-refractivity contribution in [2.45, 2.75) is 6.42 Å². The van der Waals surface area contributed by atoms with Crippen LogP contribution < -0.4 is 5.32 Å².